The molecule has 0 aromatic carbocycles. The number of hydrogen-bond acceptors (Lipinski definition) is 4. The van der Waals surface area contributed by atoms with Crippen LogP contribution in [-0.2, 0) is 18.4 Å². The van der Waals surface area contributed by atoms with Gasteiger partial charge in [0.15, 0.2) is 5.82 Å². The molecule has 1 aromatic heterocycles. The lowest BCUT2D eigenvalue weighted by Gasteiger charge is -2.10. The van der Waals surface area contributed by atoms with E-state index in [0.29, 0.717) is 19.1 Å². The van der Waals surface area contributed by atoms with E-state index in [1.165, 1.54) is 0 Å². The number of aromatic nitrogens is 3. The summed E-state index contributed by atoms with van der Waals surface area (Å²) in [5, 5.41) is 13.5. The highest BCUT2D eigenvalue weighted by Gasteiger charge is 2.05. The van der Waals surface area contributed by atoms with Gasteiger partial charge in [0, 0.05) is 13.1 Å². The number of nitrogens with one attached hydrogen (secondary N) is 2. The van der Waals surface area contributed by atoms with Gasteiger partial charge in [0.05, 0.1) is 13.1 Å². The Labute approximate surface area is 95.4 Å². The molecule has 90 valence electrons. The van der Waals surface area contributed by atoms with Gasteiger partial charge in [-0.2, -0.15) is 0 Å². The first kappa shape index (κ1) is 12.6. The van der Waals surface area contributed by atoms with E-state index in [0.717, 1.165) is 12.2 Å². The molecule has 0 saturated carbocycles. The highest BCUT2D eigenvalue weighted by Crippen LogP contribution is 1.90. The second kappa shape index (κ2) is 6.22. The molecule has 2 N–H and O–H groups in total. The molecule has 0 aliphatic carbocycles. The van der Waals surface area contributed by atoms with Crippen LogP contribution in [0.1, 0.15) is 26.1 Å². The molecule has 1 atom stereocenters. The zero-order chi connectivity index (χ0) is 12.0. The second-order valence-electron chi connectivity index (χ2n) is 3.82. The monoisotopic (exact) mass is 225 g/mol. The highest BCUT2D eigenvalue weighted by atomic mass is 16.1. The molecule has 16 heavy (non-hydrogen) atoms. The summed E-state index contributed by atoms with van der Waals surface area (Å²) < 4.78 is 1.78. The van der Waals surface area contributed by atoms with Crippen molar-refractivity contribution in [2.45, 2.75) is 32.9 Å². The van der Waals surface area contributed by atoms with E-state index in [2.05, 4.69) is 34.7 Å². The van der Waals surface area contributed by atoms with E-state index >= 15 is 0 Å². The summed E-state index contributed by atoms with van der Waals surface area (Å²) in [7, 11) is 1.85. The summed E-state index contributed by atoms with van der Waals surface area (Å²) in [6.07, 6.45) is 2.62. The summed E-state index contributed by atoms with van der Waals surface area (Å²) in [5.74, 6) is 0.722. The Kier molecular flexibility index (Phi) is 4.91. The quantitative estimate of drug-likeness (QED) is 0.704. The van der Waals surface area contributed by atoms with E-state index in [1.807, 2.05) is 7.05 Å². The molecule has 6 nitrogen and oxygen atoms in total. The summed E-state index contributed by atoms with van der Waals surface area (Å²) in [6.45, 7) is 4.88. The van der Waals surface area contributed by atoms with Gasteiger partial charge in [0.1, 0.15) is 6.33 Å². The van der Waals surface area contributed by atoms with Crippen molar-refractivity contribution in [2.75, 3.05) is 6.54 Å². The van der Waals surface area contributed by atoms with Crippen LogP contribution >= 0.6 is 0 Å². The van der Waals surface area contributed by atoms with Crippen molar-refractivity contribution in [3.8, 4) is 0 Å². The Morgan fingerprint density at radius 3 is 2.94 bits per heavy atom. The minimum atomic E-state index is -0.0247. The van der Waals surface area contributed by atoms with Gasteiger partial charge in [-0.15, -0.1) is 10.2 Å². The Morgan fingerprint density at radius 2 is 2.38 bits per heavy atom. The molecule has 1 unspecified atom stereocenters. The first-order valence-electron chi connectivity index (χ1n) is 5.46. The third-order valence-corrected chi connectivity index (χ3v) is 2.47. The highest BCUT2D eigenvalue weighted by molar-refractivity contribution is 5.77. The number of carbonyl (C=O) groups is 1. The molecule has 0 fully saturated rings. The van der Waals surface area contributed by atoms with Gasteiger partial charge in [-0.1, -0.05) is 6.92 Å². The smallest absolute Gasteiger partial charge is 0.234 e. The SMILES string of the molecule is CCC(C)NCC(=O)NCc1nncn1C. The van der Waals surface area contributed by atoms with Crippen molar-refractivity contribution in [3.63, 3.8) is 0 Å². The van der Waals surface area contributed by atoms with Crippen LogP contribution in [0.3, 0.4) is 0 Å². The minimum Gasteiger partial charge on any atom is -0.348 e. The fourth-order valence-electron chi connectivity index (χ4n) is 1.12. The average molecular weight is 225 g/mol. The molecule has 1 heterocycles. The number of amides is 1. The van der Waals surface area contributed by atoms with Crippen molar-refractivity contribution < 1.29 is 4.79 Å². The number of rotatable bonds is 6. The van der Waals surface area contributed by atoms with Crippen LogP contribution in [0.4, 0.5) is 0 Å². The van der Waals surface area contributed by atoms with Crippen LogP contribution in [0.5, 0.6) is 0 Å². The normalized spacial score (nSPS) is 12.4. The zero-order valence-electron chi connectivity index (χ0n) is 10.0. The molecule has 1 amide bonds. The van der Waals surface area contributed by atoms with E-state index in [-0.39, 0.29) is 5.91 Å². The maximum Gasteiger partial charge on any atom is 0.234 e. The van der Waals surface area contributed by atoms with Crippen molar-refractivity contribution in [3.05, 3.63) is 12.2 Å². The lowest BCUT2D eigenvalue weighted by molar-refractivity contribution is -0.120. The zero-order valence-corrected chi connectivity index (χ0v) is 10.0. The third kappa shape index (κ3) is 3.98. The topological polar surface area (TPSA) is 71.8 Å². The Bertz CT molecular complexity index is 336. The van der Waals surface area contributed by atoms with E-state index in [9.17, 15) is 4.79 Å². The molecule has 0 aliphatic rings. The molecule has 0 radical (unpaired) electrons. The fourth-order valence-corrected chi connectivity index (χ4v) is 1.12. The van der Waals surface area contributed by atoms with Gasteiger partial charge < -0.3 is 15.2 Å². The maximum atomic E-state index is 11.4. The fraction of sp³-hybridized carbons (Fsp3) is 0.700. The molecular formula is C10H19N5O. The molecule has 0 saturated heterocycles. The predicted molar refractivity (Wildman–Crippen MR) is 60.6 cm³/mol. The van der Waals surface area contributed by atoms with Gasteiger partial charge in [-0.25, -0.2) is 0 Å². The largest absolute Gasteiger partial charge is 0.348 e. The van der Waals surface area contributed by atoms with Gasteiger partial charge in [-0.3, -0.25) is 4.79 Å². The summed E-state index contributed by atoms with van der Waals surface area (Å²) in [5.41, 5.74) is 0. The van der Waals surface area contributed by atoms with E-state index in [1.54, 1.807) is 10.9 Å². The van der Waals surface area contributed by atoms with Crippen molar-refractivity contribution in [1.82, 2.24) is 25.4 Å². The number of aryl methyl sites for hydroxylation is 1. The molecular weight excluding hydrogens is 206 g/mol. The summed E-state index contributed by atoms with van der Waals surface area (Å²) in [6, 6.07) is 0.362. The lowest BCUT2D eigenvalue weighted by atomic mass is 10.2. The lowest BCUT2D eigenvalue weighted by Crippen LogP contribution is -2.37. The van der Waals surface area contributed by atoms with Crippen LogP contribution < -0.4 is 10.6 Å². The minimum absolute atomic E-state index is 0.0247. The standard InChI is InChI=1S/C10H19N5O/c1-4-8(2)11-6-10(16)12-5-9-14-13-7-15(9)3/h7-8,11H,4-6H2,1-3H3,(H,12,16). The Hall–Kier alpha value is -1.43. The molecule has 1 aromatic rings. The van der Waals surface area contributed by atoms with Gasteiger partial charge >= 0.3 is 0 Å². The second-order valence-corrected chi connectivity index (χ2v) is 3.82. The predicted octanol–water partition coefficient (Wildman–Crippen LogP) is -0.181. The Balaban J connectivity index is 2.23. The molecule has 6 heteroatoms. The molecule has 0 spiro atoms. The van der Waals surface area contributed by atoms with Crippen LogP contribution in [-0.4, -0.2) is 33.3 Å². The average Bonchev–Trinajstić information content (AvgIpc) is 2.69. The number of nitrogens with zero attached hydrogens (tertiary/aromatic N) is 3. The van der Waals surface area contributed by atoms with Crippen molar-refractivity contribution in [2.24, 2.45) is 7.05 Å². The third-order valence-electron chi connectivity index (χ3n) is 2.47. The summed E-state index contributed by atoms with van der Waals surface area (Å²) >= 11 is 0. The first-order valence-corrected chi connectivity index (χ1v) is 5.46. The summed E-state index contributed by atoms with van der Waals surface area (Å²) in [4.78, 5) is 11.4. The molecule has 0 aliphatic heterocycles. The maximum absolute atomic E-state index is 11.4. The van der Waals surface area contributed by atoms with E-state index < -0.39 is 0 Å². The van der Waals surface area contributed by atoms with E-state index in [4.69, 9.17) is 0 Å². The Morgan fingerprint density at radius 1 is 1.62 bits per heavy atom. The first-order chi connectivity index (χ1) is 7.63. The van der Waals surface area contributed by atoms with Crippen LogP contribution in [0.15, 0.2) is 6.33 Å². The molecule has 1 rings (SSSR count). The number of hydrogen-bond donors (Lipinski definition) is 2. The van der Waals surface area contributed by atoms with Crippen molar-refractivity contribution in [1.29, 1.82) is 0 Å². The van der Waals surface area contributed by atoms with Gasteiger partial charge in [-0.05, 0) is 13.3 Å². The van der Waals surface area contributed by atoms with Gasteiger partial charge in [0.2, 0.25) is 5.91 Å². The van der Waals surface area contributed by atoms with Gasteiger partial charge in [0.25, 0.3) is 0 Å². The van der Waals surface area contributed by atoms with Crippen molar-refractivity contribution >= 4 is 5.91 Å². The molecule has 0 bridgehead atoms. The number of carbonyl (C=O) groups excluding carboxylic acids is 1. The van der Waals surface area contributed by atoms with Crippen LogP contribution in [0, 0.1) is 0 Å². The van der Waals surface area contributed by atoms with Crippen LogP contribution in [0.25, 0.3) is 0 Å². The van der Waals surface area contributed by atoms with Crippen LogP contribution in [0.2, 0.25) is 0 Å².